The maximum atomic E-state index is 12.5. The van der Waals surface area contributed by atoms with E-state index in [-0.39, 0.29) is 11.8 Å². The molecule has 5 rings (SSSR count). The van der Waals surface area contributed by atoms with E-state index in [0.29, 0.717) is 17.2 Å². The molecule has 0 saturated carbocycles. The first-order valence-electron chi connectivity index (χ1n) is 10.5. The normalized spacial score (nSPS) is 18.1. The van der Waals surface area contributed by atoms with Crippen LogP contribution in [0.2, 0.25) is 0 Å². The number of hydrazine groups is 1. The van der Waals surface area contributed by atoms with Gasteiger partial charge in [0.25, 0.3) is 11.8 Å². The van der Waals surface area contributed by atoms with Gasteiger partial charge in [0.2, 0.25) is 0 Å². The van der Waals surface area contributed by atoms with Crippen molar-refractivity contribution in [3.63, 3.8) is 0 Å². The number of hydrogen-bond donors (Lipinski definition) is 1. The van der Waals surface area contributed by atoms with Crippen LogP contribution in [0.3, 0.4) is 0 Å². The highest BCUT2D eigenvalue weighted by molar-refractivity contribution is 7.19. The van der Waals surface area contributed by atoms with E-state index in [1.807, 2.05) is 17.5 Å². The van der Waals surface area contributed by atoms with Crippen LogP contribution >= 0.6 is 22.7 Å². The molecule has 3 aromatic heterocycles. The number of likely N-dealkylation sites (N-methyl/N-ethyl adjacent to an activating group) is 1. The van der Waals surface area contributed by atoms with Gasteiger partial charge in [0, 0.05) is 49.3 Å². The minimum Gasteiger partial charge on any atom is -0.304 e. The molecule has 3 aromatic rings. The SMILES string of the molecule is CC1=CC(=O)N(Nc2nc(-c3cccs3)nc3sc(CN4CCN(C)CC4)c(C)c23)C1=O. The summed E-state index contributed by atoms with van der Waals surface area (Å²) in [6, 6.07) is 3.93. The summed E-state index contributed by atoms with van der Waals surface area (Å²) in [4.78, 5) is 42.2. The molecule has 1 N–H and O–H groups in total. The van der Waals surface area contributed by atoms with E-state index in [0.717, 1.165) is 58.4 Å². The van der Waals surface area contributed by atoms with Gasteiger partial charge in [0.15, 0.2) is 11.6 Å². The van der Waals surface area contributed by atoms with Crippen molar-refractivity contribution in [2.45, 2.75) is 20.4 Å². The van der Waals surface area contributed by atoms with Crippen molar-refractivity contribution < 1.29 is 9.59 Å². The lowest BCUT2D eigenvalue weighted by molar-refractivity contribution is -0.135. The van der Waals surface area contributed by atoms with Crippen LogP contribution in [-0.4, -0.2) is 69.8 Å². The van der Waals surface area contributed by atoms with Crippen molar-refractivity contribution in [3.8, 4) is 10.7 Å². The molecular formula is C22H24N6O2S2. The molecule has 0 unspecified atom stereocenters. The number of carbonyl (C=O) groups is 2. The lowest BCUT2D eigenvalue weighted by Gasteiger charge is -2.32. The number of aryl methyl sites for hydroxylation is 1. The average molecular weight is 469 g/mol. The Kier molecular flexibility index (Phi) is 5.54. The second-order valence-corrected chi connectivity index (χ2v) is 10.2. The molecule has 166 valence electrons. The van der Waals surface area contributed by atoms with Crippen LogP contribution in [0.4, 0.5) is 5.82 Å². The lowest BCUT2D eigenvalue weighted by Crippen LogP contribution is -2.43. The van der Waals surface area contributed by atoms with Crippen LogP contribution in [0, 0.1) is 6.92 Å². The van der Waals surface area contributed by atoms with Gasteiger partial charge in [-0.25, -0.2) is 9.97 Å². The highest BCUT2D eigenvalue weighted by atomic mass is 32.1. The minimum atomic E-state index is -0.387. The van der Waals surface area contributed by atoms with Crippen molar-refractivity contribution in [1.29, 1.82) is 0 Å². The molecule has 0 bridgehead atoms. The number of rotatable bonds is 5. The highest BCUT2D eigenvalue weighted by Crippen LogP contribution is 2.37. The molecule has 5 heterocycles. The first kappa shape index (κ1) is 21.2. The Balaban J connectivity index is 1.55. The van der Waals surface area contributed by atoms with E-state index in [2.05, 4.69) is 29.2 Å². The third kappa shape index (κ3) is 3.83. The van der Waals surface area contributed by atoms with E-state index in [1.54, 1.807) is 29.6 Å². The van der Waals surface area contributed by atoms with Gasteiger partial charge in [-0.3, -0.25) is 19.9 Å². The fraction of sp³-hybridized carbons (Fsp3) is 0.364. The number of imide groups is 1. The van der Waals surface area contributed by atoms with Crippen molar-refractivity contribution in [2.24, 2.45) is 0 Å². The number of nitrogens with zero attached hydrogens (tertiary/aromatic N) is 5. The second kappa shape index (κ2) is 8.36. The molecule has 1 saturated heterocycles. The average Bonchev–Trinajstić information content (AvgIpc) is 3.46. The Hall–Kier alpha value is -2.66. The minimum absolute atomic E-state index is 0.357. The summed E-state index contributed by atoms with van der Waals surface area (Å²) < 4.78 is 0. The second-order valence-electron chi connectivity index (χ2n) is 8.20. The van der Waals surface area contributed by atoms with Gasteiger partial charge in [-0.2, -0.15) is 5.01 Å². The molecule has 10 heteroatoms. The number of hydrogen-bond acceptors (Lipinski definition) is 9. The molecule has 0 spiro atoms. The molecule has 1 fully saturated rings. The van der Waals surface area contributed by atoms with Crippen molar-refractivity contribution in [1.82, 2.24) is 24.8 Å². The molecular weight excluding hydrogens is 444 g/mol. The third-order valence-corrected chi connectivity index (χ3v) is 7.95. The molecule has 0 aromatic carbocycles. The lowest BCUT2D eigenvalue weighted by atomic mass is 10.2. The topological polar surface area (TPSA) is 81.7 Å². The summed E-state index contributed by atoms with van der Waals surface area (Å²) in [6.07, 6.45) is 1.34. The highest BCUT2D eigenvalue weighted by Gasteiger charge is 2.30. The zero-order valence-corrected chi connectivity index (χ0v) is 19.8. The van der Waals surface area contributed by atoms with Crippen LogP contribution in [0.15, 0.2) is 29.2 Å². The molecule has 0 atom stereocenters. The van der Waals surface area contributed by atoms with E-state index < -0.39 is 0 Å². The van der Waals surface area contributed by atoms with Gasteiger partial charge in [-0.05, 0) is 37.9 Å². The Morgan fingerprint density at radius 2 is 1.91 bits per heavy atom. The molecule has 8 nitrogen and oxygen atoms in total. The first-order chi connectivity index (χ1) is 15.4. The van der Waals surface area contributed by atoms with Gasteiger partial charge < -0.3 is 4.90 Å². The number of aromatic nitrogens is 2. The number of piperazine rings is 1. The maximum Gasteiger partial charge on any atom is 0.275 e. The van der Waals surface area contributed by atoms with Crippen molar-refractivity contribution in [2.75, 3.05) is 38.7 Å². The monoisotopic (exact) mass is 468 g/mol. The van der Waals surface area contributed by atoms with Crippen molar-refractivity contribution >= 4 is 50.5 Å². The summed E-state index contributed by atoms with van der Waals surface area (Å²) in [5, 5.41) is 3.88. The standard InChI is InChI=1S/C22H24N6O2S2/c1-13-11-17(29)28(22(13)30)25-20-18-14(2)16(12-27-8-6-26(3)7-9-27)32-21(18)24-19(23-20)15-5-4-10-31-15/h4-5,10-11H,6-9,12H2,1-3H3,(H,23,24,25). The predicted molar refractivity (Wildman–Crippen MR) is 127 cm³/mol. The fourth-order valence-electron chi connectivity index (χ4n) is 3.94. The van der Waals surface area contributed by atoms with Gasteiger partial charge in [-0.15, -0.1) is 22.7 Å². The number of carbonyl (C=O) groups excluding carboxylic acids is 2. The summed E-state index contributed by atoms with van der Waals surface area (Å²) >= 11 is 3.22. The largest absolute Gasteiger partial charge is 0.304 e. The maximum absolute atomic E-state index is 12.5. The fourth-order valence-corrected chi connectivity index (χ4v) is 5.82. The number of thiophene rings is 2. The summed E-state index contributed by atoms with van der Waals surface area (Å²) in [5.74, 6) is 0.334. The zero-order chi connectivity index (χ0) is 22.4. The Morgan fingerprint density at radius 1 is 1.12 bits per heavy atom. The number of amides is 2. The molecule has 0 aliphatic carbocycles. The summed E-state index contributed by atoms with van der Waals surface area (Å²) in [5.41, 5.74) is 4.50. The van der Waals surface area contributed by atoms with E-state index >= 15 is 0 Å². The molecule has 2 aliphatic rings. The summed E-state index contributed by atoms with van der Waals surface area (Å²) in [6.45, 7) is 8.75. The van der Waals surface area contributed by atoms with Crippen LogP contribution in [-0.2, 0) is 16.1 Å². The van der Waals surface area contributed by atoms with Crippen molar-refractivity contribution in [3.05, 3.63) is 39.6 Å². The smallest absolute Gasteiger partial charge is 0.275 e. The molecule has 32 heavy (non-hydrogen) atoms. The van der Waals surface area contributed by atoms with Crippen LogP contribution in [0.5, 0.6) is 0 Å². The van der Waals surface area contributed by atoms with Gasteiger partial charge >= 0.3 is 0 Å². The molecule has 2 amide bonds. The zero-order valence-electron chi connectivity index (χ0n) is 18.2. The van der Waals surface area contributed by atoms with Gasteiger partial charge in [0.1, 0.15) is 4.83 Å². The molecule has 0 radical (unpaired) electrons. The number of nitrogens with one attached hydrogen (secondary N) is 1. The predicted octanol–water partition coefficient (Wildman–Crippen LogP) is 3.12. The van der Waals surface area contributed by atoms with Gasteiger partial charge in [-0.1, -0.05) is 6.07 Å². The first-order valence-corrected chi connectivity index (χ1v) is 12.2. The Labute approximate surface area is 194 Å². The van der Waals surface area contributed by atoms with E-state index in [1.165, 1.54) is 11.0 Å². The Bertz CT molecular complexity index is 1230. The van der Waals surface area contributed by atoms with Gasteiger partial charge in [0.05, 0.1) is 10.3 Å². The van der Waals surface area contributed by atoms with Crippen LogP contribution in [0.25, 0.3) is 20.9 Å². The number of fused-ring (bicyclic) bond motifs is 1. The Morgan fingerprint density at radius 3 is 2.56 bits per heavy atom. The van der Waals surface area contributed by atoms with Crippen LogP contribution < -0.4 is 5.43 Å². The molecule has 2 aliphatic heterocycles. The number of anilines is 1. The van der Waals surface area contributed by atoms with E-state index in [4.69, 9.17) is 9.97 Å². The van der Waals surface area contributed by atoms with Crippen LogP contribution in [0.1, 0.15) is 17.4 Å². The van der Waals surface area contributed by atoms with E-state index in [9.17, 15) is 9.59 Å². The quantitative estimate of drug-likeness (QED) is 0.576. The third-order valence-electron chi connectivity index (χ3n) is 5.91. The summed E-state index contributed by atoms with van der Waals surface area (Å²) in [7, 11) is 2.15.